The zero-order valence-electron chi connectivity index (χ0n) is 9.99. The Morgan fingerprint density at radius 1 is 0.900 bits per heavy atom. The smallest absolute Gasteiger partial charge is 0.291 e. The molecule has 2 aromatic carbocycles. The molecule has 7 heteroatoms. The molecule has 0 heterocycles. The molecule has 0 saturated carbocycles. The maximum atomic E-state index is 12.0. The zero-order chi connectivity index (χ0) is 15.1. The normalized spacial score (nSPS) is 9.30. The van der Waals surface area contributed by atoms with Crippen molar-refractivity contribution < 1.29 is 15.1 Å². The number of halogens is 2. The summed E-state index contributed by atoms with van der Waals surface area (Å²) in [5.41, 5.74) is 1.23. The maximum absolute atomic E-state index is 12.0. The van der Waals surface area contributed by atoms with Crippen molar-refractivity contribution in [3.8, 4) is 0 Å². The molecule has 0 unspecified atom stereocenters. The molecule has 0 aliphatic rings. The largest absolute Gasteiger partial charge is 0.328 e. The van der Waals surface area contributed by atoms with Crippen LogP contribution in [0.15, 0.2) is 48.5 Å². The van der Waals surface area contributed by atoms with E-state index in [1.807, 2.05) is 0 Å². The second kappa shape index (κ2) is 7.47. The van der Waals surface area contributed by atoms with E-state index in [0.29, 0.717) is 21.2 Å². The summed E-state index contributed by atoms with van der Waals surface area (Å²) < 4.78 is 0. The monoisotopic (exact) mass is 313 g/mol. The highest BCUT2D eigenvalue weighted by Gasteiger charge is 2.08. The van der Waals surface area contributed by atoms with Gasteiger partial charge in [0, 0.05) is 21.2 Å². The molecule has 1 N–H and O–H groups in total. The summed E-state index contributed by atoms with van der Waals surface area (Å²) in [6.45, 7) is 0. The van der Waals surface area contributed by atoms with E-state index in [-0.39, 0.29) is 5.78 Å². The number of ketones is 1. The van der Waals surface area contributed by atoms with Gasteiger partial charge in [0.05, 0.1) is 0 Å². The van der Waals surface area contributed by atoms with Gasteiger partial charge in [-0.25, -0.2) is 0 Å². The fourth-order valence-electron chi connectivity index (χ4n) is 1.37. The van der Waals surface area contributed by atoms with Crippen LogP contribution in [0.4, 0.5) is 0 Å². The number of carbonyl (C=O) groups excluding carboxylic acids is 1. The Labute approximate surface area is 124 Å². The Balaban J connectivity index is 0.000000444. The van der Waals surface area contributed by atoms with Crippen LogP contribution in [0.5, 0.6) is 0 Å². The topological polar surface area (TPSA) is 80.4 Å². The third kappa shape index (κ3) is 5.26. The van der Waals surface area contributed by atoms with E-state index < -0.39 is 5.09 Å². The molecule has 20 heavy (non-hydrogen) atoms. The van der Waals surface area contributed by atoms with Crippen molar-refractivity contribution in [2.75, 3.05) is 0 Å². The first-order valence-corrected chi connectivity index (χ1v) is 6.05. The van der Waals surface area contributed by atoms with Crippen LogP contribution >= 0.6 is 23.2 Å². The maximum Gasteiger partial charge on any atom is 0.291 e. The molecule has 0 saturated heterocycles. The average molecular weight is 314 g/mol. The zero-order valence-corrected chi connectivity index (χ0v) is 11.5. The van der Waals surface area contributed by atoms with Gasteiger partial charge in [-0.3, -0.25) is 4.79 Å². The van der Waals surface area contributed by atoms with Gasteiger partial charge in [-0.1, -0.05) is 23.2 Å². The van der Waals surface area contributed by atoms with Crippen LogP contribution in [0.1, 0.15) is 15.9 Å². The predicted molar refractivity (Wildman–Crippen MR) is 75.1 cm³/mol. The molecule has 0 aliphatic carbocycles. The number of rotatable bonds is 2. The number of carbonyl (C=O) groups is 1. The second-order valence-corrected chi connectivity index (χ2v) is 4.45. The quantitative estimate of drug-likeness (QED) is 0.518. The van der Waals surface area contributed by atoms with E-state index in [2.05, 4.69) is 0 Å². The third-order valence-electron chi connectivity index (χ3n) is 2.21. The van der Waals surface area contributed by atoms with Gasteiger partial charge in [-0.2, -0.15) is 0 Å². The van der Waals surface area contributed by atoms with Crippen molar-refractivity contribution in [1.82, 2.24) is 0 Å². The highest BCUT2D eigenvalue weighted by atomic mass is 35.5. The van der Waals surface area contributed by atoms with E-state index in [1.54, 1.807) is 48.5 Å². The van der Waals surface area contributed by atoms with Gasteiger partial charge in [0.25, 0.3) is 5.09 Å². The summed E-state index contributed by atoms with van der Waals surface area (Å²) in [5.74, 6) is -0.0340. The summed E-state index contributed by atoms with van der Waals surface area (Å²) >= 11 is 11.5. The lowest BCUT2D eigenvalue weighted by molar-refractivity contribution is -0.742. The molecule has 2 rings (SSSR count). The molecule has 0 aromatic heterocycles. The third-order valence-corrected chi connectivity index (χ3v) is 2.72. The Kier molecular flexibility index (Phi) is 5.96. The Bertz CT molecular complexity index is 545. The van der Waals surface area contributed by atoms with Gasteiger partial charge < -0.3 is 5.21 Å². The standard InChI is InChI=1S/C13H8Cl2O.HNO3/c14-11-5-1-9(2-6-11)13(16)10-3-7-12(15)8-4-10;2-1(3)4/h1-8H;(H,2,3,4). The number of nitrogens with zero attached hydrogens (tertiary/aromatic N) is 1. The van der Waals surface area contributed by atoms with Crippen molar-refractivity contribution in [1.29, 1.82) is 0 Å². The predicted octanol–water partition coefficient (Wildman–Crippen LogP) is 3.88. The minimum absolute atomic E-state index is 0.0340. The SMILES string of the molecule is O=C(c1ccc(Cl)cc1)c1ccc(Cl)cc1.O=[N+]([O-])O. The summed E-state index contributed by atoms with van der Waals surface area (Å²) in [6, 6.07) is 13.6. The first kappa shape index (κ1) is 15.9. The Morgan fingerprint density at radius 2 is 1.15 bits per heavy atom. The molecule has 104 valence electrons. The summed E-state index contributed by atoms with van der Waals surface area (Å²) in [5, 5.41) is 14.9. The average Bonchev–Trinajstić information content (AvgIpc) is 2.39. The van der Waals surface area contributed by atoms with Crippen LogP contribution in [0.3, 0.4) is 0 Å². The number of benzene rings is 2. The van der Waals surface area contributed by atoms with Gasteiger partial charge in [0.2, 0.25) is 0 Å². The van der Waals surface area contributed by atoms with Crippen LogP contribution in [0.25, 0.3) is 0 Å². The van der Waals surface area contributed by atoms with E-state index in [4.69, 9.17) is 38.5 Å². The van der Waals surface area contributed by atoms with Gasteiger partial charge in [0.15, 0.2) is 5.78 Å². The molecule has 0 spiro atoms. The second-order valence-electron chi connectivity index (χ2n) is 3.58. The molecule has 0 aliphatic heterocycles. The van der Waals surface area contributed by atoms with Crippen LogP contribution in [0, 0.1) is 10.1 Å². The van der Waals surface area contributed by atoms with Crippen LogP contribution in [-0.4, -0.2) is 16.1 Å². The number of hydrogen-bond acceptors (Lipinski definition) is 3. The molecular formula is C13H9Cl2NO4. The van der Waals surface area contributed by atoms with Gasteiger partial charge in [-0.05, 0) is 48.5 Å². The lowest BCUT2D eigenvalue weighted by Crippen LogP contribution is -2.00. The molecule has 0 fully saturated rings. The van der Waals surface area contributed by atoms with Gasteiger partial charge in [-0.15, -0.1) is 10.1 Å². The molecule has 5 nitrogen and oxygen atoms in total. The lowest BCUT2D eigenvalue weighted by Gasteiger charge is -2.01. The minimum atomic E-state index is -1.50. The fourth-order valence-corrected chi connectivity index (χ4v) is 1.62. The first-order chi connectivity index (χ1) is 9.40. The van der Waals surface area contributed by atoms with Crippen molar-refractivity contribution in [3.05, 3.63) is 79.8 Å². The fraction of sp³-hybridized carbons (Fsp3) is 0. The highest BCUT2D eigenvalue weighted by Crippen LogP contribution is 2.15. The summed E-state index contributed by atoms with van der Waals surface area (Å²) in [4.78, 5) is 20.3. The molecule has 2 aromatic rings. The van der Waals surface area contributed by atoms with Crippen LogP contribution in [-0.2, 0) is 0 Å². The molecule has 0 amide bonds. The first-order valence-electron chi connectivity index (χ1n) is 5.29. The van der Waals surface area contributed by atoms with Gasteiger partial charge >= 0.3 is 0 Å². The Morgan fingerprint density at radius 3 is 1.40 bits per heavy atom. The molecule has 0 bridgehead atoms. The van der Waals surface area contributed by atoms with E-state index >= 15 is 0 Å². The van der Waals surface area contributed by atoms with Crippen molar-refractivity contribution in [2.24, 2.45) is 0 Å². The summed E-state index contributed by atoms with van der Waals surface area (Å²) in [7, 11) is 0. The number of hydrogen-bond donors (Lipinski definition) is 1. The minimum Gasteiger partial charge on any atom is -0.328 e. The molecular weight excluding hydrogens is 305 g/mol. The van der Waals surface area contributed by atoms with E-state index in [0.717, 1.165) is 0 Å². The van der Waals surface area contributed by atoms with E-state index in [9.17, 15) is 4.79 Å². The molecule has 0 atom stereocenters. The summed E-state index contributed by atoms with van der Waals surface area (Å²) in [6.07, 6.45) is 0. The Hall–Kier alpha value is -2.11. The highest BCUT2D eigenvalue weighted by molar-refractivity contribution is 6.31. The van der Waals surface area contributed by atoms with Crippen molar-refractivity contribution >= 4 is 29.0 Å². The van der Waals surface area contributed by atoms with Crippen LogP contribution < -0.4 is 0 Å². The van der Waals surface area contributed by atoms with Gasteiger partial charge in [0.1, 0.15) is 0 Å². The lowest BCUT2D eigenvalue weighted by atomic mass is 10.0. The van der Waals surface area contributed by atoms with Crippen molar-refractivity contribution in [2.45, 2.75) is 0 Å². The van der Waals surface area contributed by atoms with Crippen LogP contribution in [0.2, 0.25) is 10.0 Å². The molecule has 0 radical (unpaired) electrons. The van der Waals surface area contributed by atoms with E-state index in [1.165, 1.54) is 0 Å². The van der Waals surface area contributed by atoms with Crippen molar-refractivity contribution in [3.63, 3.8) is 0 Å².